The molecule has 0 spiro atoms. The quantitative estimate of drug-likeness (QED) is 0.175. The molecule has 12 rings (SSSR count). The van der Waals surface area contributed by atoms with Crippen LogP contribution in [0.25, 0.3) is 113 Å². The molecule has 0 atom stereocenters. The highest BCUT2D eigenvalue weighted by Crippen LogP contribution is 2.45. The molecule has 4 heterocycles. The number of fused-ring (bicyclic) bond motifs is 9. The normalized spacial score (nSPS) is 11.9. The summed E-state index contributed by atoms with van der Waals surface area (Å²) < 4.78 is 7.41. The Labute approximate surface area is 335 Å². The molecule has 0 radical (unpaired) electrons. The summed E-state index contributed by atoms with van der Waals surface area (Å²) in [6, 6.07) is 64.9. The smallest absolute Gasteiger partial charge is 0.165 e. The van der Waals surface area contributed by atoms with Crippen LogP contribution >= 0.6 is 22.7 Å². The van der Waals surface area contributed by atoms with E-state index in [9.17, 15) is 0 Å². The van der Waals surface area contributed by atoms with Gasteiger partial charge in [-0.25, -0.2) is 15.0 Å². The average molecular weight is 763 g/mol. The number of thiophene rings is 2. The zero-order chi connectivity index (χ0) is 37.5. The maximum Gasteiger partial charge on any atom is 0.165 e. The van der Waals surface area contributed by atoms with Crippen molar-refractivity contribution in [3.63, 3.8) is 0 Å². The third-order valence-electron chi connectivity index (χ3n) is 11.1. The molecule has 0 fully saturated rings. The SMILES string of the molecule is c1ccc(-c2nc(-c3ccccc3)nc(-c3cccc4c3sc3c(-c5ccc6c(c5)sc5ccc(-n7c8ccccc8c8ccccc87)cc56)cccc34)n2)cc1. The van der Waals surface area contributed by atoms with Crippen LogP contribution in [0.2, 0.25) is 0 Å². The zero-order valence-electron chi connectivity index (χ0n) is 30.4. The lowest BCUT2D eigenvalue weighted by atomic mass is 10.0. The second-order valence-corrected chi connectivity index (χ2v) is 16.5. The van der Waals surface area contributed by atoms with Gasteiger partial charge in [-0.05, 0) is 53.6 Å². The maximum atomic E-state index is 5.09. The summed E-state index contributed by atoms with van der Waals surface area (Å²) in [5.41, 5.74) is 9.01. The number of hydrogen-bond acceptors (Lipinski definition) is 5. The molecule has 57 heavy (non-hydrogen) atoms. The van der Waals surface area contributed by atoms with Crippen molar-refractivity contribution in [1.82, 2.24) is 19.5 Å². The third kappa shape index (κ3) is 5.15. The Morgan fingerprint density at radius 2 is 0.895 bits per heavy atom. The van der Waals surface area contributed by atoms with Crippen LogP contribution in [0.3, 0.4) is 0 Å². The van der Waals surface area contributed by atoms with Gasteiger partial charge < -0.3 is 4.57 Å². The first kappa shape index (κ1) is 32.3. The number of rotatable bonds is 5. The first-order valence-corrected chi connectivity index (χ1v) is 20.7. The summed E-state index contributed by atoms with van der Waals surface area (Å²) in [4.78, 5) is 15.1. The highest BCUT2D eigenvalue weighted by molar-refractivity contribution is 7.27. The fraction of sp³-hybridized carbons (Fsp3) is 0. The van der Waals surface area contributed by atoms with Gasteiger partial charge in [-0.15, -0.1) is 22.7 Å². The molecule has 8 aromatic carbocycles. The minimum absolute atomic E-state index is 0.664. The molecule has 0 aliphatic heterocycles. The lowest BCUT2D eigenvalue weighted by Crippen LogP contribution is -2.00. The van der Waals surface area contributed by atoms with Crippen molar-refractivity contribution in [2.75, 3.05) is 0 Å². The van der Waals surface area contributed by atoms with Crippen molar-refractivity contribution in [2.45, 2.75) is 0 Å². The third-order valence-corrected chi connectivity index (χ3v) is 13.5. The molecular formula is C51H30N4S2. The van der Waals surface area contributed by atoms with Gasteiger partial charge in [0.05, 0.1) is 11.0 Å². The number of para-hydroxylation sites is 2. The Balaban J connectivity index is 0.993. The molecule has 0 aliphatic rings. The van der Waals surface area contributed by atoms with E-state index in [1.165, 1.54) is 79.0 Å². The van der Waals surface area contributed by atoms with E-state index < -0.39 is 0 Å². The second-order valence-electron chi connectivity index (χ2n) is 14.4. The van der Waals surface area contributed by atoms with E-state index in [0.29, 0.717) is 17.5 Å². The fourth-order valence-electron chi connectivity index (χ4n) is 8.43. The van der Waals surface area contributed by atoms with Crippen molar-refractivity contribution in [2.24, 2.45) is 0 Å². The van der Waals surface area contributed by atoms with Crippen molar-refractivity contribution in [3.05, 3.63) is 182 Å². The predicted octanol–water partition coefficient (Wildman–Crippen LogP) is 14.4. The van der Waals surface area contributed by atoms with E-state index in [-0.39, 0.29) is 0 Å². The van der Waals surface area contributed by atoms with E-state index in [1.54, 1.807) is 0 Å². The summed E-state index contributed by atoms with van der Waals surface area (Å²) in [6.07, 6.45) is 0. The maximum absolute atomic E-state index is 5.09. The van der Waals surface area contributed by atoms with Crippen LogP contribution in [-0.4, -0.2) is 19.5 Å². The van der Waals surface area contributed by atoms with Crippen molar-refractivity contribution in [3.8, 4) is 51.0 Å². The Kier molecular flexibility index (Phi) is 7.24. The van der Waals surface area contributed by atoms with Crippen LogP contribution in [0.5, 0.6) is 0 Å². The van der Waals surface area contributed by atoms with Gasteiger partial charge in [0.2, 0.25) is 0 Å². The van der Waals surface area contributed by atoms with Crippen LogP contribution in [0, 0.1) is 0 Å². The van der Waals surface area contributed by atoms with Crippen LogP contribution in [0.15, 0.2) is 182 Å². The number of nitrogens with zero attached hydrogens (tertiary/aromatic N) is 4. The van der Waals surface area contributed by atoms with E-state index in [2.05, 4.69) is 150 Å². The molecule has 4 aromatic heterocycles. The fourth-order valence-corrected chi connectivity index (χ4v) is 10.9. The Hall–Kier alpha value is -6.99. The molecule has 0 saturated heterocycles. The zero-order valence-corrected chi connectivity index (χ0v) is 32.1. The molecule has 266 valence electrons. The summed E-state index contributed by atoms with van der Waals surface area (Å²) >= 11 is 3.69. The van der Waals surface area contributed by atoms with Gasteiger partial charge >= 0.3 is 0 Å². The highest BCUT2D eigenvalue weighted by atomic mass is 32.1. The van der Waals surface area contributed by atoms with Crippen molar-refractivity contribution in [1.29, 1.82) is 0 Å². The van der Waals surface area contributed by atoms with Crippen LogP contribution in [0.4, 0.5) is 0 Å². The Morgan fingerprint density at radius 3 is 1.56 bits per heavy atom. The monoisotopic (exact) mass is 762 g/mol. The Morgan fingerprint density at radius 1 is 0.333 bits per heavy atom. The van der Waals surface area contributed by atoms with Crippen LogP contribution in [0.1, 0.15) is 0 Å². The molecular weight excluding hydrogens is 733 g/mol. The van der Waals surface area contributed by atoms with E-state index in [4.69, 9.17) is 15.0 Å². The second kappa shape index (κ2) is 12.8. The van der Waals surface area contributed by atoms with E-state index >= 15 is 0 Å². The molecule has 4 nitrogen and oxygen atoms in total. The van der Waals surface area contributed by atoms with E-state index in [1.807, 2.05) is 59.1 Å². The number of hydrogen-bond donors (Lipinski definition) is 0. The van der Waals surface area contributed by atoms with Gasteiger partial charge in [0, 0.05) is 73.5 Å². The van der Waals surface area contributed by atoms with Crippen molar-refractivity contribution < 1.29 is 0 Å². The van der Waals surface area contributed by atoms with Crippen molar-refractivity contribution >= 4 is 84.8 Å². The van der Waals surface area contributed by atoms with Gasteiger partial charge in [-0.2, -0.15) is 0 Å². The minimum atomic E-state index is 0.664. The average Bonchev–Trinajstić information content (AvgIpc) is 3.96. The first-order chi connectivity index (χ1) is 28.2. The molecule has 0 amide bonds. The summed E-state index contributed by atoms with van der Waals surface area (Å²) in [5.74, 6) is 2.00. The molecule has 0 saturated carbocycles. The van der Waals surface area contributed by atoms with Gasteiger partial charge in [0.15, 0.2) is 17.5 Å². The standard InChI is InChI=1S/C51H30N4S2/c1-3-13-31(14-4-1)49-52-50(32-15-5-2-6-16-32)54-51(53-49)41-22-12-21-40-39-20-11-19-35(47(39)57-48(40)41)33-25-27-38-42-30-34(26-28-45(42)56-46(38)29-33)55-43-23-9-7-17-36(43)37-18-8-10-24-44(37)55/h1-30H. The van der Waals surface area contributed by atoms with E-state index in [0.717, 1.165) is 16.7 Å². The molecule has 6 heteroatoms. The van der Waals surface area contributed by atoms with Gasteiger partial charge in [0.1, 0.15) is 0 Å². The molecule has 0 aliphatic carbocycles. The molecule has 12 aromatic rings. The largest absolute Gasteiger partial charge is 0.309 e. The summed E-state index contributed by atoms with van der Waals surface area (Å²) in [6.45, 7) is 0. The number of aromatic nitrogens is 4. The minimum Gasteiger partial charge on any atom is -0.309 e. The lowest BCUT2D eigenvalue weighted by molar-refractivity contribution is 1.08. The number of benzene rings is 8. The molecule has 0 bridgehead atoms. The summed E-state index contributed by atoms with van der Waals surface area (Å²) in [5, 5.41) is 7.56. The van der Waals surface area contributed by atoms with Crippen LogP contribution < -0.4 is 0 Å². The van der Waals surface area contributed by atoms with Gasteiger partial charge in [-0.1, -0.05) is 140 Å². The topological polar surface area (TPSA) is 43.6 Å². The van der Waals surface area contributed by atoms with Gasteiger partial charge in [-0.3, -0.25) is 0 Å². The lowest BCUT2D eigenvalue weighted by Gasteiger charge is -2.09. The molecule has 0 N–H and O–H groups in total. The predicted molar refractivity (Wildman–Crippen MR) is 242 cm³/mol. The van der Waals surface area contributed by atoms with Gasteiger partial charge in [0.25, 0.3) is 0 Å². The first-order valence-electron chi connectivity index (χ1n) is 19.0. The summed E-state index contributed by atoms with van der Waals surface area (Å²) in [7, 11) is 0. The molecule has 0 unspecified atom stereocenters. The highest BCUT2D eigenvalue weighted by Gasteiger charge is 2.19. The van der Waals surface area contributed by atoms with Crippen LogP contribution in [-0.2, 0) is 0 Å². The Bertz CT molecular complexity index is 3410.